The van der Waals surface area contributed by atoms with Gasteiger partial charge in [0.25, 0.3) is 10.1 Å². The van der Waals surface area contributed by atoms with Crippen molar-refractivity contribution in [2.45, 2.75) is 12.1 Å². The lowest BCUT2D eigenvalue weighted by atomic mass is 9.99. The highest BCUT2D eigenvalue weighted by Crippen LogP contribution is 2.21. The van der Waals surface area contributed by atoms with Gasteiger partial charge in [-0.2, -0.15) is 8.42 Å². The molecule has 0 radical (unpaired) electrons. The number of urea groups is 1. The van der Waals surface area contributed by atoms with E-state index in [2.05, 4.69) is 10.6 Å². The fourth-order valence-electron chi connectivity index (χ4n) is 2.34. The molecule has 0 aromatic heterocycles. The van der Waals surface area contributed by atoms with Crippen LogP contribution in [0.25, 0.3) is 0 Å². The minimum Gasteiger partial charge on any atom is -0.390 e. The molecule has 0 spiro atoms. The summed E-state index contributed by atoms with van der Waals surface area (Å²) in [7, 11) is -4.30. The Bertz CT molecular complexity index is 742. The van der Waals surface area contributed by atoms with Gasteiger partial charge >= 0.3 is 6.03 Å². The number of carbonyl (C=O) groups is 1. The average molecular weight is 364 g/mol. The average Bonchev–Trinajstić information content (AvgIpc) is 2.58. The van der Waals surface area contributed by atoms with Crippen LogP contribution in [0.5, 0.6) is 0 Å². The molecule has 134 valence electrons. The second kappa shape index (κ2) is 8.61. The Hall–Kier alpha value is -2.42. The van der Waals surface area contributed by atoms with Crippen molar-refractivity contribution in [1.29, 1.82) is 0 Å². The molecule has 4 N–H and O–H groups in total. The first-order valence-corrected chi connectivity index (χ1v) is 9.23. The van der Waals surface area contributed by atoms with Gasteiger partial charge < -0.3 is 15.7 Å². The molecule has 8 heteroatoms. The topological polar surface area (TPSA) is 116 Å². The molecule has 0 fully saturated rings. The van der Waals surface area contributed by atoms with E-state index < -0.39 is 34.0 Å². The first kappa shape index (κ1) is 18.9. The second-order valence-electron chi connectivity index (χ2n) is 5.51. The zero-order valence-electron chi connectivity index (χ0n) is 13.4. The number of benzene rings is 2. The van der Waals surface area contributed by atoms with E-state index in [0.29, 0.717) is 0 Å². The minimum atomic E-state index is -4.30. The molecule has 1 atom stereocenters. The third-order valence-corrected chi connectivity index (χ3v) is 4.25. The summed E-state index contributed by atoms with van der Waals surface area (Å²) < 4.78 is 30.1. The largest absolute Gasteiger partial charge is 0.390 e. The first-order valence-electron chi connectivity index (χ1n) is 7.62. The molecule has 25 heavy (non-hydrogen) atoms. The first-order chi connectivity index (χ1) is 11.8. The van der Waals surface area contributed by atoms with Crippen molar-refractivity contribution in [3.8, 4) is 0 Å². The van der Waals surface area contributed by atoms with E-state index in [4.69, 9.17) is 4.55 Å². The minimum absolute atomic E-state index is 0.304. The van der Waals surface area contributed by atoms with E-state index in [1.807, 2.05) is 60.7 Å². The molecule has 0 saturated heterocycles. The van der Waals surface area contributed by atoms with Gasteiger partial charge in [0, 0.05) is 6.54 Å². The van der Waals surface area contributed by atoms with E-state index >= 15 is 0 Å². The maximum atomic E-state index is 12.1. The molecule has 0 saturated carbocycles. The Morgan fingerprint density at radius 1 is 0.960 bits per heavy atom. The number of amides is 2. The molecular formula is C17H20N2O5S. The van der Waals surface area contributed by atoms with Gasteiger partial charge in [0.2, 0.25) is 0 Å². The van der Waals surface area contributed by atoms with E-state index in [1.54, 1.807) is 0 Å². The number of rotatable bonds is 7. The normalized spacial score (nSPS) is 12.6. The van der Waals surface area contributed by atoms with Gasteiger partial charge in [0.15, 0.2) is 0 Å². The van der Waals surface area contributed by atoms with Crippen LogP contribution in [0.1, 0.15) is 17.2 Å². The van der Waals surface area contributed by atoms with E-state index in [-0.39, 0.29) is 6.54 Å². The Kier molecular flexibility index (Phi) is 6.51. The molecule has 2 aromatic carbocycles. The molecule has 0 aliphatic heterocycles. The molecule has 2 rings (SSSR count). The maximum absolute atomic E-state index is 12.1. The van der Waals surface area contributed by atoms with Crippen LogP contribution >= 0.6 is 0 Å². The van der Waals surface area contributed by atoms with Crippen molar-refractivity contribution >= 4 is 16.1 Å². The highest BCUT2D eigenvalue weighted by atomic mass is 32.2. The summed E-state index contributed by atoms with van der Waals surface area (Å²) in [4.78, 5) is 12.1. The molecule has 2 amide bonds. The van der Waals surface area contributed by atoms with Crippen LogP contribution in [0.4, 0.5) is 4.79 Å². The fourth-order valence-corrected chi connectivity index (χ4v) is 2.95. The van der Waals surface area contributed by atoms with Crippen LogP contribution in [0.3, 0.4) is 0 Å². The van der Waals surface area contributed by atoms with Crippen molar-refractivity contribution in [3.05, 3.63) is 71.8 Å². The predicted molar refractivity (Wildman–Crippen MR) is 93.7 cm³/mol. The van der Waals surface area contributed by atoms with Crippen molar-refractivity contribution in [2.24, 2.45) is 0 Å². The van der Waals surface area contributed by atoms with Gasteiger partial charge in [-0.1, -0.05) is 60.7 Å². The van der Waals surface area contributed by atoms with Gasteiger partial charge in [-0.15, -0.1) is 0 Å². The molecule has 0 aliphatic rings. The van der Waals surface area contributed by atoms with Crippen LogP contribution in [0.15, 0.2) is 60.7 Å². The maximum Gasteiger partial charge on any atom is 0.315 e. The SMILES string of the molecule is O=C(NCC(O)CS(=O)(=O)O)NC(c1ccccc1)c1ccccc1. The summed E-state index contributed by atoms with van der Waals surface area (Å²) in [5.74, 6) is -0.839. The molecule has 7 nitrogen and oxygen atoms in total. The summed E-state index contributed by atoms with van der Waals surface area (Å²) in [5.41, 5.74) is 1.75. The predicted octanol–water partition coefficient (Wildman–Crippen LogP) is 1.32. The number of aliphatic hydroxyl groups is 1. The number of aliphatic hydroxyl groups excluding tert-OH is 1. The lowest BCUT2D eigenvalue weighted by molar-refractivity contribution is 0.187. The molecule has 1 unspecified atom stereocenters. The molecule has 0 bridgehead atoms. The van der Waals surface area contributed by atoms with Gasteiger partial charge in [-0.05, 0) is 11.1 Å². The van der Waals surface area contributed by atoms with Gasteiger partial charge in [0.05, 0.1) is 12.1 Å². The Morgan fingerprint density at radius 3 is 1.88 bits per heavy atom. The number of hydrogen-bond acceptors (Lipinski definition) is 4. The smallest absolute Gasteiger partial charge is 0.315 e. The summed E-state index contributed by atoms with van der Waals surface area (Å²) in [5, 5.41) is 14.7. The summed E-state index contributed by atoms with van der Waals surface area (Å²) in [6.45, 7) is -0.304. The van der Waals surface area contributed by atoms with Crippen LogP contribution in [0.2, 0.25) is 0 Å². The third-order valence-electron chi connectivity index (χ3n) is 3.44. The summed E-state index contributed by atoms with van der Waals surface area (Å²) in [6.07, 6.45) is -1.40. The van der Waals surface area contributed by atoms with Crippen molar-refractivity contribution < 1.29 is 22.9 Å². The zero-order valence-corrected chi connectivity index (χ0v) is 14.2. The lowest BCUT2D eigenvalue weighted by Gasteiger charge is -2.20. The third kappa shape index (κ3) is 6.54. The van der Waals surface area contributed by atoms with Crippen molar-refractivity contribution in [1.82, 2.24) is 10.6 Å². The van der Waals surface area contributed by atoms with Crippen LogP contribution in [-0.2, 0) is 10.1 Å². The van der Waals surface area contributed by atoms with Crippen LogP contribution in [0, 0.1) is 0 Å². The summed E-state index contributed by atoms with van der Waals surface area (Å²) in [6, 6.07) is 17.7. The van der Waals surface area contributed by atoms with E-state index in [0.717, 1.165) is 11.1 Å². The Morgan fingerprint density at radius 2 is 1.44 bits per heavy atom. The monoisotopic (exact) mass is 364 g/mol. The Labute approximate surface area is 146 Å². The molecule has 0 heterocycles. The standard InChI is InChI=1S/C17H20N2O5S/c20-15(12-25(22,23)24)11-18-17(21)19-16(13-7-3-1-4-8-13)14-9-5-2-6-10-14/h1-10,15-16,20H,11-12H2,(H2,18,19,21)(H,22,23,24). The van der Waals surface area contributed by atoms with Gasteiger partial charge in [-0.25, -0.2) is 4.79 Å². The fraction of sp³-hybridized carbons (Fsp3) is 0.235. The number of carbonyl (C=O) groups excluding carboxylic acids is 1. The van der Waals surface area contributed by atoms with Crippen LogP contribution < -0.4 is 10.6 Å². The lowest BCUT2D eigenvalue weighted by Crippen LogP contribution is -2.43. The van der Waals surface area contributed by atoms with E-state index in [9.17, 15) is 18.3 Å². The van der Waals surface area contributed by atoms with E-state index in [1.165, 1.54) is 0 Å². The highest BCUT2D eigenvalue weighted by molar-refractivity contribution is 7.85. The highest BCUT2D eigenvalue weighted by Gasteiger charge is 2.18. The van der Waals surface area contributed by atoms with Crippen molar-refractivity contribution in [3.63, 3.8) is 0 Å². The van der Waals surface area contributed by atoms with Crippen molar-refractivity contribution in [2.75, 3.05) is 12.3 Å². The number of hydrogen-bond donors (Lipinski definition) is 4. The van der Waals surface area contributed by atoms with Gasteiger partial charge in [-0.3, -0.25) is 4.55 Å². The molecule has 2 aromatic rings. The Balaban J connectivity index is 2.03. The van der Waals surface area contributed by atoms with Crippen LogP contribution in [-0.4, -0.2) is 42.5 Å². The molecular weight excluding hydrogens is 344 g/mol. The number of nitrogens with one attached hydrogen (secondary N) is 2. The second-order valence-corrected chi connectivity index (χ2v) is 7.01. The van der Waals surface area contributed by atoms with Gasteiger partial charge in [0.1, 0.15) is 5.75 Å². The zero-order chi connectivity index (χ0) is 18.3. The quantitative estimate of drug-likeness (QED) is 0.553. The molecule has 0 aliphatic carbocycles. The summed E-state index contributed by atoms with van der Waals surface area (Å²) >= 11 is 0.